The Bertz CT molecular complexity index is 521. The zero-order valence-electron chi connectivity index (χ0n) is 17.0. The molecule has 1 amide bonds. The zero-order valence-corrected chi connectivity index (χ0v) is 17.9. The van der Waals surface area contributed by atoms with Gasteiger partial charge in [0.25, 0.3) is 0 Å². The lowest BCUT2D eigenvalue weighted by Gasteiger charge is -2.22. The number of rotatable bonds is 7. The van der Waals surface area contributed by atoms with Gasteiger partial charge in [0.2, 0.25) is 5.91 Å². The minimum absolute atomic E-state index is 0.0147. The number of benzene rings is 1. The zero-order chi connectivity index (χ0) is 20.5. The molecule has 1 aromatic rings. The fourth-order valence-corrected chi connectivity index (χ4v) is 2.40. The monoisotopic (exact) mass is 385 g/mol. The van der Waals surface area contributed by atoms with Crippen LogP contribution in [-0.4, -0.2) is 42.5 Å². The highest BCUT2D eigenvalue weighted by molar-refractivity contribution is 7.80. The molecule has 0 atom stereocenters. The van der Waals surface area contributed by atoms with Crippen molar-refractivity contribution in [3.05, 3.63) is 29.3 Å². The summed E-state index contributed by atoms with van der Waals surface area (Å²) in [6.07, 6.45) is 1.54. The summed E-state index contributed by atoms with van der Waals surface area (Å²) in [7, 11) is 0. The number of hydrogen-bond acceptors (Lipinski definition) is 5. The van der Waals surface area contributed by atoms with Crippen LogP contribution in [0.25, 0.3) is 0 Å². The first kappa shape index (κ1) is 26.7. The molecule has 150 valence electrons. The molecule has 6 heteroatoms. The summed E-state index contributed by atoms with van der Waals surface area (Å²) >= 11 is 4.25. The normalized spacial score (nSPS) is 9.23. The Kier molecular flexibility index (Phi) is 17.4. The van der Waals surface area contributed by atoms with Crippen LogP contribution in [-0.2, 0) is 20.7 Å². The third kappa shape index (κ3) is 11.9. The van der Waals surface area contributed by atoms with Crippen molar-refractivity contribution in [2.75, 3.05) is 30.4 Å². The van der Waals surface area contributed by atoms with Crippen molar-refractivity contribution >= 4 is 30.2 Å². The van der Waals surface area contributed by atoms with Gasteiger partial charge < -0.3 is 14.7 Å². The molecule has 0 heterocycles. The molecule has 26 heavy (non-hydrogen) atoms. The number of aliphatic hydroxyl groups is 1. The summed E-state index contributed by atoms with van der Waals surface area (Å²) in [5.74, 6) is 0.495. The van der Waals surface area contributed by atoms with Crippen LogP contribution < -0.4 is 4.90 Å². The first-order valence-corrected chi connectivity index (χ1v) is 9.73. The molecule has 0 saturated carbocycles. The summed E-state index contributed by atoms with van der Waals surface area (Å²) < 4.78 is 4.90. The van der Waals surface area contributed by atoms with Crippen LogP contribution in [0.1, 0.15) is 52.2 Å². The van der Waals surface area contributed by atoms with Crippen molar-refractivity contribution in [2.24, 2.45) is 0 Å². The van der Waals surface area contributed by atoms with E-state index in [-0.39, 0.29) is 18.5 Å². The summed E-state index contributed by atoms with van der Waals surface area (Å²) in [6, 6.07) is 6.02. The fourth-order valence-electron chi connectivity index (χ4n) is 2.16. The Morgan fingerprint density at radius 1 is 1.23 bits per heavy atom. The Hall–Kier alpha value is -1.53. The average molecular weight is 386 g/mol. The fraction of sp³-hybridized carbons (Fsp3) is 0.600. The highest BCUT2D eigenvalue weighted by Gasteiger charge is 2.12. The van der Waals surface area contributed by atoms with Crippen LogP contribution in [0.2, 0.25) is 0 Å². The SMILES string of the molecule is CC.CC(=O)OCCCN(C(C)=O)c1ccc(CCS)c(C)c1.CCO. The van der Waals surface area contributed by atoms with E-state index in [0.717, 1.165) is 23.4 Å². The van der Waals surface area contributed by atoms with Crippen molar-refractivity contribution in [1.29, 1.82) is 0 Å². The average Bonchev–Trinajstić information content (AvgIpc) is 2.59. The van der Waals surface area contributed by atoms with Crippen molar-refractivity contribution in [2.45, 2.75) is 54.4 Å². The second-order valence-corrected chi connectivity index (χ2v) is 5.71. The van der Waals surface area contributed by atoms with Gasteiger partial charge in [-0.2, -0.15) is 12.6 Å². The lowest BCUT2D eigenvalue weighted by atomic mass is 10.1. The third-order valence-corrected chi connectivity index (χ3v) is 3.45. The molecule has 1 aromatic carbocycles. The molecule has 0 aromatic heterocycles. The highest BCUT2D eigenvalue weighted by atomic mass is 32.1. The Balaban J connectivity index is 0. The molecular formula is C20H35NO4S. The van der Waals surface area contributed by atoms with Crippen LogP contribution in [0.15, 0.2) is 18.2 Å². The van der Waals surface area contributed by atoms with Gasteiger partial charge in [-0.05, 0) is 55.7 Å². The first-order chi connectivity index (χ1) is 12.4. The number of amides is 1. The van der Waals surface area contributed by atoms with E-state index in [2.05, 4.69) is 12.6 Å². The van der Waals surface area contributed by atoms with Crippen LogP contribution >= 0.6 is 12.6 Å². The quantitative estimate of drug-likeness (QED) is 0.426. The number of carbonyl (C=O) groups excluding carboxylic acids is 2. The maximum atomic E-state index is 11.8. The van der Waals surface area contributed by atoms with Gasteiger partial charge in [-0.3, -0.25) is 9.59 Å². The van der Waals surface area contributed by atoms with Crippen molar-refractivity contribution in [1.82, 2.24) is 0 Å². The maximum Gasteiger partial charge on any atom is 0.302 e. The van der Waals surface area contributed by atoms with E-state index < -0.39 is 0 Å². The summed E-state index contributed by atoms with van der Waals surface area (Å²) in [5, 5.41) is 7.57. The Morgan fingerprint density at radius 3 is 2.23 bits per heavy atom. The predicted molar refractivity (Wildman–Crippen MR) is 112 cm³/mol. The number of ether oxygens (including phenoxy) is 1. The number of aliphatic hydroxyl groups excluding tert-OH is 1. The van der Waals surface area contributed by atoms with Crippen LogP contribution in [0, 0.1) is 6.92 Å². The summed E-state index contributed by atoms with van der Waals surface area (Å²) in [5.41, 5.74) is 3.29. The molecule has 0 aliphatic rings. The molecule has 0 aliphatic heterocycles. The van der Waals surface area contributed by atoms with Gasteiger partial charge in [0, 0.05) is 32.7 Å². The molecule has 0 bridgehead atoms. The lowest BCUT2D eigenvalue weighted by molar-refractivity contribution is -0.140. The van der Waals surface area contributed by atoms with Crippen molar-refractivity contribution in [3.63, 3.8) is 0 Å². The smallest absolute Gasteiger partial charge is 0.302 e. The minimum atomic E-state index is -0.295. The van der Waals surface area contributed by atoms with Crippen molar-refractivity contribution in [3.8, 4) is 0 Å². The number of aryl methyl sites for hydroxylation is 2. The molecule has 5 nitrogen and oxygen atoms in total. The third-order valence-electron chi connectivity index (χ3n) is 3.23. The second-order valence-electron chi connectivity index (χ2n) is 5.26. The summed E-state index contributed by atoms with van der Waals surface area (Å²) in [6.45, 7) is 11.8. The Morgan fingerprint density at radius 2 is 1.81 bits per heavy atom. The van der Waals surface area contributed by atoms with E-state index in [9.17, 15) is 9.59 Å². The van der Waals surface area contributed by atoms with Crippen LogP contribution in [0.4, 0.5) is 5.69 Å². The molecule has 0 aliphatic carbocycles. The van der Waals surface area contributed by atoms with Gasteiger partial charge in [-0.15, -0.1) is 0 Å². The number of esters is 1. The Labute approximate surface area is 164 Å². The first-order valence-electron chi connectivity index (χ1n) is 9.10. The molecule has 1 N–H and O–H groups in total. The number of hydrogen-bond donors (Lipinski definition) is 2. The minimum Gasteiger partial charge on any atom is -0.466 e. The van der Waals surface area contributed by atoms with E-state index >= 15 is 0 Å². The highest BCUT2D eigenvalue weighted by Crippen LogP contribution is 2.20. The number of nitrogens with zero attached hydrogens (tertiary/aromatic N) is 1. The molecule has 0 saturated heterocycles. The van der Waals surface area contributed by atoms with Gasteiger partial charge in [-0.25, -0.2) is 0 Å². The van der Waals surface area contributed by atoms with E-state index in [1.54, 1.807) is 18.7 Å². The lowest BCUT2D eigenvalue weighted by Crippen LogP contribution is -2.30. The number of anilines is 1. The topological polar surface area (TPSA) is 66.8 Å². The van der Waals surface area contributed by atoms with Crippen molar-refractivity contribution < 1.29 is 19.4 Å². The number of thiol groups is 1. The predicted octanol–water partition coefficient (Wildman–Crippen LogP) is 3.80. The molecule has 1 rings (SSSR count). The van der Waals surface area contributed by atoms with E-state index in [1.165, 1.54) is 12.5 Å². The van der Waals surface area contributed by atoms with Crippen LogP contribution in [0.3, 0.4) is 0 Å². The van der Waals surface area contributed by atoms with Crippen LogP contribution in [0.5, 0.6) is 0 Å². The van der Waals surface area contributed by atoms with E-state index in [1.807, 2.05) is 39.0 Å². The van der Waals surface area contributed by atoms with E-state index in [4.69, 9.17) is 9.84 Å². The van der Waals surface area contributed by atoms with Gasteiger partial charge in [0.15, 0.2) is 0 Å². The van der Waals surface area contributed by atoms with E-state index in [0.29, 0.717) is 19.6 Å². The molecule has 0 spiro atoms. The standard InChI is InChI=1S/C16H23NO3S.C2H6O.C2H6/c1-12-11-16(6-5-15(12)7-10-21)17(13(2)18)8-4-9-20-14(3)19;1-2-3;1-2/h5-6,11,21H,4,7-10H2,1-3H3;3H,2H2,1H3;1-2H3. The molecular weight excluding hydrogens is 350 g/mol. The van der Waals surface area contributed by atoms with Gasteiger partial charge in [-0.1, -0.05) is 19.9 Å². The second kappa shape index (κ2) is 16.9. The molecule has 0 radical (unpaired) electrons. The van der Waals surface area contributed by atoms with Gasteiger partial charge >= 0.3 is 5.97 Å². The van der Waals surface area contributed by atoms with Gasteiger partial charge in [0.05, 0.1) is 6.61 Å². The largest absolute Gasteiger partial charge is 0.466 e. The number of carbonyl (C=O) groups is 2. The maximum absolute atomic E-state index is 11.8. The summed E-state index contributed by atoms with van der Waals surface area (Å²) in [4.78, 5) is 24.2. The van der Waals surface area contributed by atoms with Gasteiger partial charge in [0.1, 0.15) is 0 Å². The molecule has 0 unspecified atom stereocenters. The molecule has 0 fully saturated rings.